The first kappa shape index (κ1) is 24.5. The van der Waals surface area contributed by atoms with E-state index in [1.165, 1.54) is 6.21 Å². The van der Waals surface area contributed by atoms with Gasteiger partial charge in [-0.1, -0.05) is 41.4 Å². The van der Waals surface area contributed by atoms with Crippen LogP contribution in [0, 0.1) is 6.92 Å². The fraction of sp³-hybridized carbons (Fsp3) is 0.120. The molecule has 0 heterocycles. The summed E-state index contributed by atoms with van der Waals surface area (Å²) in [5, 5.41) is 9.62. The van der Waals surface area contributed by atoms with E-state index in [0.717, 1.165) is 11.1 Å². The highest BCUT2D eigenvalue weighted by molar-refractivity contribution is 6.35. The molecule has 0 fully saturated rings. The number of hydrazone groups is 1. The van der Waals surface area contributed by atoms with Crippen LogP contribution in [-0.4, -0.2) is 30.5 Å². The van der Waals surface area contributed by atoms with Crippen molar-refractivity contribution in [3.63, 3.8) is 0 Å². The van der Waals surface area contributed by atoms with Gasteiger partial charge in [0.25, 0.3) is 5.91 Å². The maximum atomic E-state index is 12.0. The predicted octanol–water partition coefficient (Wildman–Crippen LogP) is 3.43. The summed E-state index contributed by atoms with van der Waals surface area (Å²) in [6.45, 7) is 2.03. The molecule has 9 heteroatoms. The Balaban J connectivity index is 1.39. The van der Waals surface area contributed by atoms with E-state index in [1.54, 1.807) is 48.5 Å². The van der Waals surface area contributed by atoms with Crippen LogP contribution >= 0.6 is 11.6 Å². The molecule has 0 saturated heterocycles. The van der Waals surface area contributed by atoms with Crippen LogP contribution in [0.25, 0.3) is 0 Å². The lowest BCUT2D eigenvalue weighted by molar-refractivity contribution is -0.139. The number of benzene rings is 3. The second kappa shape index (κ2) is 12.2. The Kier molecular flexibility index (Phi) is 8.76. The van der Waals surface area contributed by atoms with Gasteiger partial charge in [-0.25, -0.2) is 5.43 Å². The van der Waals surface area contributed by atoms with E-state index in [0.29, 0.717) is 22.0 Å². The number of rotatable bonds is 8. The lowest BCUT2D eigenvalue weighted by Crippen LogP contribution is -2.37. The molecule has 3 rings (SSSR count). The van der Waals surface area contributed by atoms with Crippen molar-refractivity contribution in [1.29, 1.82) is 0 Å². The monoisotopic (exact) mass is 478 g/mol. The van der Waals surface area contributed by atoms with Crippen molar-refractivity contribution in [2.24, 2.45) is 5.10 Å². The molecule has 3 amide bonds. The highest BCUT2D eigenvalue weighted by atomic mass is 35.5. The van der Waals surface area contributed by atoms with E-state index in [1.807, 2.05) is 31.2 Å². The van der Waals surface area contributed by atoms with Gasteiger partial charge in [0.1, 0.15) is 5.75 Å². The van der Waals surface area contributed by atoms with Crippen molar-refractivity contribution in [3.05, 3.63) is 94.5 Å². The lowest BCUT2D eigenvalue weighted by atomic mass is 10.2. The molecule has 3 N–H and O–H groups in total. The molecule has 0 saturated carbocycles. The Hall–Kier alpha value is -4.17. The van der Waals surface area contributed by atoms with Crippen molar-refractivity contribution in [1.82, 2.24) is 10.7 Å². The van der Waals surface area contributed by atoms with Crippen molar-refractivity contribution in [3.8, 4) is 5.75 Å². The van der Waals surface area contributed by atoms with Crippen molar-refractivity contribution < 1.29 is 19.1 Å². The fourth-order valence-electron chi connectivity index (χ4n) is 2.71. The van der Waals surface area contributed by atoms with Crippen LogP contribution in [0.1, 0.15) is 16.7 Å². The number of carbonyl (C=O) groups excluding carboxylic acids is 3. The number of ether oxygens (including phenoxy) is 1. The number of amides is 3. The van der Waals surface area contributed by atoms with Crippen LogP contribution in [0.3, 0.4) is 0 Å². The maximum absolute atomic E-state index is 12.0. The molecule has 0 spiro atoms. The maximum Gasteiger partial charge on any atom is 0.329 e. The number of halogens is 1. The largest absolute Gasteiger partial charge is 0.484 e. The van der Waals surface area contributed by atoms with E-state index in [2.05, 4.69) is 21.2 Å². The van der Waals surface area contributed by atoms with E-state index >= 15 is 0 Å². The Morgan fingerprint density at radius 1 is 0.912 bits per heavy atom. The molecule has 0 bridgehead atoms. The molecular formula is C25H23ClN4O4. The Bertz CT molecular complexity index is 1160. The first-order valence-corrected chi connectivity index (χ1v) is 10.7. The predicted molar refractivity (Wildman–Crippen MR) is 131 cm³/mol. The number of aryl methyl sites for hydroxylation is 1. The third-order valence-corrected chi connectivity index (χ3v) is 4.79. The highest BCUT2D eigenvalue weighted by Crippen LogP contribution is 2.12. The van der Waals surface area contributed by atoms with Gasteiger partial charge in [0, 0.05) is 17.3 Å². The highest BCUT2D eigenvalue weighted by Gasteiger charge is 2.11. The summed E-state index contributed by atoms with van der Waals surface area (Å²) in [5.41, 5.74) is 5.45. The SMILES string of the molecule is Cc1ccc(NC(=O)COc2ccc(/C=N\NC(=O)C(=O)NCc3ccc(Cl)cc3)cc2)cc1. The van der Waals surface area contributed by atoms with Gasteiger partial charge in [-0.2, -0.15) is 5.10 Å². The van der Waals surface area contributed by atoms with Crippen LogP contribution in [-0.2, 0) is 20.9 Å². The Morgan fingerprint density at radius 2 is 1.59 bits per heavy atom. The van der Waals surface area contributed by atoms with Crippen LogP contribution in [0.2, 0.25) is 5.02 Å². The second-order valence-corrected chi connectivity index (χ2v) is 7.72. The third kappa shape index (κ3) is 8.07. The fourth-order valence-corrected chi connectivity index (χ4v) is 2.84. The molecule has 0 atom stereocenters. The van der Waals surface area contributed by atoms with E-state index < -0.39 is 11.8 Å². The number of hydrogen-bond acceptors (Lipinski definition) is 5. The summed E-state index contributed by atoms with van der Waals surface area (Å²) < 4.78 is 5.48. The zero-order valence-corrected chi connectivity index (χ0v) is 19.1. The molecular weight excluding hydrogens is 456 g/mol. The first-order valence-electron chi connectivity index (χ1n) is 10.3. The van der Waals surface area contributed by atoms with Crippen molar-refractivity contribution >= 4 is 41.2 Å². The summed E-state index contributed by atoms with van der Waals surface area (Å²) in [7, 11) is 0. The molecule has 0 aliphatic rings. The van der Waals surface area contributed by atoms with Gasteiger partial charge in [0.15, 0.2) is 6.61 Å². The molecule has 34 heavy (non-hydrogen) atoms. The second-order valence-electron chi connectivity index (χ2n) is 7.28. The Morgan fingerprint density at radius 3 is 2.26 bits per heavy atom. The number of hydrogen-bond donors (Lipinski definition) is 3. The van der Waals surface area contributed by atoms with Crippen molar-refractivity contribution in [2.45, 2.75) is 13.5 Å². The molecule has 174 valence electrons. The molecule has 0 unspecified atom stereocenters. The zero-order chi connectivity index (χ0) is 24.3. The minimum Gasteiger partial charge on any atom is -0.484 e. The molecule has 3 aromatic rings. The van der Waals surface area contributed by atoms with Crippen LogP contribution < -0.4 is 20.8 Å². The summed E-state index contributed by atoms with van der Waals surface area (Å²) >= 11 is 5.81. The van der Waals surface area contributed by atoms with Gasteiger partial charge in [-0.3, -0.25) is 14.4 Å². The van der Waals surface area contributed by atoms with Gasteiger partial charge in [-0.05, 0) is 66.6 Å². The molecule has 0 aliphatic heterocycles. The summed E-state index contributed by atoms with van der Waals surface area (Å²) in [6.07, 6.45) is 1.39. The molecule has 8 nitrogen and oxygen atoms in total. The summed E-state index contributed by atoms with van der Waals surface area (Å²) in [5.74, 6) is -1.46. The molecule has 0 radical (unpaired) electrons. The first-order chi connectivity index (χ1) is 16.4. The summed E-state index contributed by atoms with van der Waals surface area (Å²) in [4.78, 5) is 35.7. The van der Waals surface area contributed by atoms with Crippen molar-refractivity contribution in [2.75, 3.05) is 11.9 Å². The topological polar surface area (TPSA) is 109 Å². The number of nitrogens with one attached hydrogen (secondary N) is 3. The molecule has 0 aliphatic carbocycles. The van der Waals surface area contributed by atoms with E-state index in [-0.39, 0.29) is 19.1 Å². The minimum absolute atomic E-state index is 0.136. The molecule has 0 aromatic heterocycles. The zero-order valence-electron chi connectivity index (χ0n) is 18.4. The van der Waals surface area contributed by atoms with Crippen LogP contribution in [0.4, 0.5) is 5.69 Å². The normalized spacial score (nSPS) is 10.5. The van der Waals surface area contributed by atoms with Gasteiger partial charge in [0.2, 0.25) is 0 Å². The Labute approximate surface area is 202 Å². The third-order valence-electron chi connectivity index (χ3n) is 4.54. The van der Waals surface area contributed by atoms with Crippen LogP contribution in [0.5, 0.6) is 5.75 Å². The van der Waals surface area contributed by atoms with Crippen LogP contribution in [0.15, 0.2) is 77.9 Å². The summed E-state index contributed by atoms with van der Waals surface area (Å²) in [6, 6.07) is 21.1. The van der Waals surface area contributed by atoms with Gasteiger partial charge >= 0.3 is 11.8 Å². The smallest absolute Gasteiger partial charge is 0.329 e. The van der Waals surface area contributed by atoms with E-state index in [9.17, 15) is 14.4 Å². The van der Waals surface area contributed by atoms with Gasteiger partial charge in [-0.15, -0.1) is 0 Å². The number of nitrogens with zero attached hydrogens (tertiary/aromatic N) is 1. The standard InChI is InChI=1S/C25H23ClN4O4/c1-17-2-10-21(11-3-17)29-23(31)16-34-22-12-6-19(7-13-22)15-28-30-25(33)24(32)27-14-18-4-8-20(26)9-5-18/h2-13,15H,14,16H2,1H3,(H,27,32)(H,29,31)(H,30,33)/b28-15-. The average Bonchev–Trinajstić information content (AvgIpc) is 2.84. The van der Waals surface area contributed by atoms with Gasteiger partial charge in [0.05, 0.1) is 6.21 Å². The molecule has 3 aromatic carbocycles. The quantitative estimate of drug-likeness (QED) is 0.262. The van der Waals surface area contributed by atoms with Gasteiger partial charge < -0.3 is 15.4 Å². The number of anilines is 1. The minimum atomic E-state index is -0.884. The average molecular weight is 479 g/mol. The number of carbonyl (C=O) groups is 3. The van der Waals surface area contributed by atoms with E-state index in [4.69, 9.17) is 16.3 Å². The lowest BCUT2D eigenvalue weighted by Gasteiger charge is -2.08.